The number of hydrogen-bond acceptors (Lipinski definition) is 5. The molecule has 2 aliphatic rings. The summed E-state index contributed by atoms with van der Waals surface area (Å²) < 4.78 is 74.4. The van der Waals surface area contributed by atoms with Gasteiger partial charge in [0, 0.05) is 37.2 Å². The Balaban J connectivity index is 1.48. The van der Waals surface area contributed by atoms with E-state index in [0.717, 1.165) is 37.1 Å². The number of aromatic nitrogens is 1. The maximum absolute atomic E-state index is 13.1. The number of piperidine rings is 1. The standard InChI is InChI=1S/C19H19F3N2O4S/c20-19(21,22)28-15-6-8-17(9-7-15)29(25,26)24-13-4-5-14(24)12-16(11-13)27-18-3-1-2-10-23-18/h1-3,6-10,13-14,16H,4-5,11-12H2. The van der Waals surface area contributed by atoms with E-state index < -0.39 is 22.1 Å². The third-order valence-electron chi connectivity index (χ3n) is 5.18. The Bertz CT molecular complexity index is 938. The van der Waals surface area contributed by atoms with Crippen molar-refractivity contribution >= 4 is 10.0 Å². The van der Waals surface area contributed by atoms with Crippen LogP contribution in [0.3, 0.4) is 0 Å². The first-order valence-corrected chi connectivity index (χ1v) is 10.6. The van der Waals surface area contributed by atoms with Gasteiger partial charge in [0.2, 0.25) is 15.9 Å². The van der Waals surface area contributed by atoms with Gasteiger partial charge in [-0.2, -0.15) is 4.31 Å². The SMILES string of the molecule is O=S(=O)(c1ccc(OC(F)(F)F)cc1)N1C2CCC1CC(Oc1ccccn1)C2. The molecule has 10 heteroatoms. The summed E-state index contributed by atoms with van der Waals surface area (Å²) in [6, 6.07) is 9.27. The Morgan fingerprint density at radius 3 is 2.21 bits per heavy atom. The minimum Gasteiger partial charge on any atom is -0.474 e. The molecule has 0 saturated carbocycles. The van der Waals surface area contributed by atoms with E-state index in [9.17, 15) is 21.6 Å². The van der Waals surface area contributed by atoms with Crippen LogP contribution < -0.4 is 9.47 Å². The fraction of sp³-hybridized carbons (Fsp3) is 0.421. The normalized spacial score (nSPS) is 25.0. The molecule has 4 rings (SSSR count). The predicted octanol–water partition coefficient (Wildman–Crippen LogP) is 3.74. The Hall–Kier alpha value is -2.33. The lowest BCUT2D eigenvalue weighted by molar-refractivity contribution is -0.274. The fourth-order valence-corrected chi connectivity index (χ4v) is 5.99. The van der Waals surface area contributed by atoms with Gasteiger partial charge < -0.3 is 9.47 Å². The third-order valence-corrected chi connectivity index (χ3v) is 7.20. The molecule has 2 saturated heterocycles. The van der Waals surface area contributed by atoms with Gasteiger partial charge in [-0.3, -0.25) is 0 Å². The molecule has 3 heterocycles. The monoisotopic (exact) mass is 428 g/mol. The van der Waals surface area contributed by atoms with E-state index in [4.69, 9.17) is 4.74 Å². The van der Waals surface area contributed by atoms with E-state index >= 15 is 0 Å². The molecule has 2 fully saturated rings. The van der Waals surface area contributed by atoms with Crippen LogP contribution in [0, 0.1) is 0 Å². The highest BCUT2D eigenvalue weighted by Crippen LogP contribution is 2.41. The Kier molecular flexibility index (Phi) is 5.16. The lowest BCUT2D eigenvalue weighted by atomic mass is 10.0. The summed E-state index contributed by atoms with van der Waals surface area (Å²) >= 11 is 0. The minimum absolute atomic E-state index is 0.0481. The molecule has 6 nitrogen and oxygen atoms in total. The molecule has 29 heavy (non-hydrogen) atoms. The second-order valence-corrected chi connectivity index (χ2v) is 8.96. The zero-order valence-corrected chi connectivity index (χ0v) is 16.1. The minimum atomic E-state index is -4.82. The fourth-order valence-electron chi connectivity index (χ4n) is 4.10. The quantitative estimate of drug-likeness (QED) is 0.726. The molecule has 0 N–H and O–H groups in total. The highest BCUT2D eigenvalue weighted by Gasteiger charge is 2.48. The number of sulfonamides is 1. The van der Waals surface area contributed by atoms with Crippen molar-refractivity contribution in [2.24, 2.45) is 0 Å². The summed E-state index contributed by atoms with van der Waals surface area (Å²) in [5, 5.41) is 0. The van der Waals surface area contributed by atoms with Crippen LogP contribution >= 0.6 is 0 Å². The van der Waals surface area contributed by atoms with Crippen molar-refractivity contribution in [2.75, 3.05) is 0 Å². The summed E-state index contributed by atoms with van der Waals surface area (Å²) in [5.74, 6) is 0.0513. The largest absolute Gasteiger partial charge is 0.573 e. The van der Waals surface area contributed by atoms with E-state index in [1.54, 1.807) is 18.3 Å². The van der Waals surface area contributed by atoms with Crippen molar-refractivity contribution < 1.29 is 31.1 Å². The van der Waals surface area contributed by atoms with Gasteiger partial charge in [-0.05, 0) is 43.2 Å². The number of benzene rings is 1. The van der Waals surface area contributed by atoms with Crippen LogP contribution in [0.15, 0.2) is 53.6 Å². The summed E-state index contributed by atoms with van der Waals surface area (Å²) in [6.07, 6.45) is -0.785. The molecule has 0 radical (unpaired) electrons. The topological polar surface area (TPSA) is 68.7 Å². The number of pyridine rings is 1. The molecule has 2 aromatic rings. The number of hydrogen-bond donors (Lipinski definition) is 0. The lowest BCUT2D eigenvalue weighted by Crippen LogP contribution is -2.49. The smallest absolute Gasteiger partial charge is 0.474 e. The van der Waals surface area contributed by atoms with Gasteiger partial charge in [0.25, 0.3) is 0 Å². The highest BCUT2D eigenvalue weighted by molar-refractivity contribution is 7.89. The molecule has 2 aliphatic heterocycles. The zero-order valence-electron chi connectivity index (χ0n) is 15.2. The molecular weight excluding hydrogens is 409 g/mol. The Morgan fingerprint density at radius 1 is 1.00 bits per heavy atom. The van der Waals surface area contributed by atoms with Crippen molar-refractivity contribution in [3.05, 3.63) is 48.7 Å². The number of fused-ring (bicyclic) bond motifs is 2. The zero-order chi connectivity index (χ0) is 20.6. The van der Waals surface area contributed by atoms with Gasteiger partial charge in [-0.1, -0.05) is 6.07 Å². The van der Waals surface area contributed by atoms with Crippen LogP contribution in [0.25, 0.3) is 0 Å². The average Bonchev–Trinajstić information content (AvgIpc) is 2.94. The van der Waals surface area contributed by atoms with E-state index in [1.807, 2.05) is 6.07 Å². The molecule has 0 aliphatic carbocycles. The van der Waals surface area contributed by atoms with Crippen LogP contribution in [0.4, 0.5) is 13.2 Å². The molecule has 1 aromatic carbocycles. The Morgan fingerprint density at radius 2 is 1.66 bits per heavy atom. The van der Waals surface area contributed by atoms with Gasteiger partial charge in [-0.25, -0.2) is 13.4 Å². The second-order valence-electron chi connectivity index (χ2n) is 7.12. The van der Waals surface area contributed by atoms with Gasteiger partial charge in [0.05, 0.1) is 4.90 Å². The van der Waals surface area contributed by atoms with Crippen molar-refractivity contribution in [3.8, 4) is 11.6 Å². The molecule has 2 unspecified atom stereocenters. The maximum Gasteiger partial charge on any atom is 0.573 e. The van der Waals surface area contributed by atoms with Gasteiger partial charge in [0.15, 0.2) is 0 Å². The van der Waals surface area contributed by atoms with Crippen LogP contribution in [-0.4, -0.2) is 42.3 Å². The van der Waals surface area contributed by atoms with Crippen LogP contribution in [-0.2, 0) is 10.0 Å². The summed E-state index contributed by atoms with van der Waals surface area (Å²) in [6.45, 7) is 0. The highest BCUT2D eigenvalue weighted by atomic mass is 32.2. The molecule has 0 amide bonds. The summed E-state index contributed by atoms with van der Waals surface area (Å²) in [7, 11) is -3.83. The van der Waals surface area contributed by atoms with E-state index in [1.165, 1.54) is 4.31 Å². The first kappa shape index (κ1) is 20.0. The predicted molar refractivity (Wildman–Crippen MR) is 96.8 cm³/mol. The summed E-state index contributed by atoms with van der Waals surface area (Å²) in [5.41, 5.74) is 0. The molecular formula is C19H19F3N2O4S. The number of rotatable bonds is 5. The third kappa shape index (κ3) is 4.32. The lowest BCUT2D eigenvalue weighted by Gasteiger charge is -2.37. The first-order valence-electron chi connectivity index (χ1n) is 9.19. The van der Waals surface area contributed by atoms with Gasteiger partial charge in [-0.15, -0.1) is 13.2 Å². The van der Waals surface area contributed by atoms with Gasteiger partial charge in [0.1, 0.15) is 11.9 Å². The molecule has 156 valence electrons. The number of halogens is 3. The second kappa shape index (κ2) is 7.49. The molecule has 2 bridgehead atoms. The van der Waals surface area contributed by atoms with Gasteiger partial charge >= 0.3 is 6.36 Å². The van der Waals surface area contributed by atoms with Crippen LogP contribution in [0.1, 0.15) is 25.7 Å². The van der Waals surface area contributed by atoms with Crippen molar-refractivity contribution in [1.29, 1.82) is 0 Å². The van der Waals surface area contributed by atoms with Crippen molar-refractivity contribution in [2.45, 2.75) is 55.1 Å². The Labute approximate surface area is 166 Å². The number of ether oxygens (including phenoxy) is 2. The molecule has 1 aromatic heterocycles. The van der Waals surface area contributed by atoms with Crippen LogP contribution in [0.5, 0.6) is 11.6 Å². The maximum atomic E-state index is 13.1. The average molecular weight is 428 g/mol. The number of alkyl halides is 3. The van der Waals surface area contributed by atoms with Crippen LogP contribution in [0.2, 0.25) is 0 Å². The van der Waals surface area contributed by atoms with Crippen molar-refractivity contribution in [3.63, 3.8) is 0 Å². The first-order chi connectivity index (χ1) is 13.7. The van der Waals surface area contributed by atoms with E-state index in [0.29, 0.717) is 18.7 Å². The molecule has 2 atom stereocenters. The van der Waals surface area contributed by atoms with E-state index in [-0.39, 0.29) is 23.1 Å². The number of nitrogens with zero attached hydrogens (tertiary/aromatic N) is 2. The summed E-state index contributed by atoms with van der Waals surface area (Å²) in [4.78, 5) is 4.10. The van der Waals surface area contributed by atoms with E-state index in [2.05, 4.69) is 9.72 Å². The molecule has 0 spiro atoms. The van der Waals surface area contributed by atoms with Crippen molar-refractivity contribution in [1.82, 2.24) is 9.29 Å².